The third kappa shape index (κ3) is 4.69. The van der Waals surface area contributed by atoms with Gasteiger partial charge in [-0.3, -0.25) is 0 Å². The number of benzene rings is 2. The van der Waals surface area contributed by atoms with E-state index >= 15 is 0 Å². The maximum Gasteiger partial charge on any atom is 0.136 e. The first kappa shape index (κ1) is 16.7. The minimum Gasteiger partial charge on any atom is -0.366 e. The molecule has 25 heavy (non-hydrogen) atoms. The standard InChI is InChI=1S/C19H16ClN5/c1-13-23-18(22-12-14-5-7-16(20)8-6-14)10-19(24-13)25-17-4-2-3-15(9-17)11-21/h2-10H,12H2,1H3,(H2,22,23,24,25). The summed E-state index contributed by atoms with van der Waals surface area (Å²) in [5.74, 6) is 2.04. The molecule has 6 heteroatoms. The number of aryl methyl sites for hydroxylation is 1. The van der Waals surface area contributed by atoms with Crippen LogP contribution in [0.2, 0.25) is 5.02 Å². The van der Waals surface area contributed by atoms with Crippen LogP contribution in [0.4, 0.5) is 17.3 Å². The maximum atomic E-state index is 8.99. The summed E-state index contributed by atoms with van der Waals surface area (Å²) in [6.45, 7) is 2.47. The highest BCUT2D eigenvalue weighted by atomic mass is 35.5. The molecule has 2 N–H and O–H groups in total. The van der Waals surface area contributed by atoms with Crippen molar-refractivity contribution in [3.8, 4) is 6.07 Å². The number of anilines is 3. The second kappa shape index (κ2) is 7.65. The molecule has 1 heterocycles. The fraction of sp³-hybridized carbons (Fsp3) is 0.105. The Labute approximate surface area is 151 Å². The fourth-order valence-corrected chi connectivity index (χ4v) is 2.46. The average molecular weight is 350 g/mol. The number of aromatic nitrogens is 2. The summed E-state index contributed by atoms with van der Waals surface area (Å²) >= 11 is 5.90. The lowest BCUT2D eigenvalue weighted by atomic mass is 10.2. The van der Waals surface area contributed by atoms with Gasteiger partial charge in [-0.2, -0.15) is 5.26 Å². The minimum atomic E-state index is 0.594. The molecular weight excluding hydrogens is 334 g/mol. The molecule has 5 nitrogen and oxygen atoms in total. The van der Waals surface area contributed by atoms with Crippen molar-refractivity contribution in [1.82, 2.24) is 9.97 Å². The summed E-state index contributed by atoms with van der Waals surface area (Å²) in [6, 6.07) is 18.9. The Hall–Kier alpha value is -3.10. The second-order valence-corrected chi connectivity index (χ2v) is 5.92. The highest BCUT2D eigenvalue weighted by Crippen LogP contribution is 2.19. The smallest absolute Gasteiger partial charge is 0.136 e. The first-order valence-electron chi connectivity index (χ1n) is 7.73. The Balaban J connectivity index is 1.73. The summed E-state index contributed by atoms with van der Waals surface area (Å²) in [6.07, 6.45) is 0. The van der Waals surface area contributed by atoms with E-state index in [1.807, 2.05) is 49.4 Å². The van der Waals surface area contributed by atoms with Gasteiger partial charge >= 0.3 is 0 Å². The molecule has 0 unspecified atom stereocenters. The summed E-state index contributed by atoms with van der Waals surface area (Å²) in [4.78, 5) is 8.79. The van der Waals surface area contributed by atoms with Crippen LogP contribution in [0, 0.1) is 18.3 Å². The molecule has 0 saturated carbocycles. The largest absolute Gasteiger partial charge is 0.366 e. The van der Waals surface area contributed by atoms with Crippen molar-refractivity contribution >= 4 is 28.9 Å². The molecule has 0 aliphatic rings. The third-order valence-corrected chi connectivity index (χ3v) is 3.74. The quantitative estimate of drug-likeness (QED) is 0.700. The van der Waals surface area contributed by atoms with Crippen LogP contribution in [0.5, 0.6) is 0 Å². The highest BCUT2D eigenvalue weighted by molar-refractivity contribution is 6.30. The van der Waals surface area contributed by atoms with Crippen molar-refractivity contribution < 1.29 is 0 Å². The van der Waals surface area contributed by atoms with Gasteiger partial charge in [0.05, 0.1) is 11.6 Å². The number of rotatable bonds is 5. The molecule has 0 spiro atoms. The molecule has 1 aromatic heterocycles. The van der Waals surface area contributed by atoms with Gasteiger partial charge in [0.2, 0.25) is 0 Å². The van der Waals surface area contributed by atoms with E-state index in [9.17, 15) is 0 Å². The molecular formula is C19H16ClN5. The van der Waals surface area contributed by atoms with Crippen LogP contribution in [-0.2, 0) is 6.54 Å². The molecule has 0 radical (unpaired) electrons. The van der Waals surface area contributed by atoms with Crippen LogP contribution in [0.25, 0.3) is 0 Å². The van der Waals surface area contributed by atoms with Gasteiger partial charge in [0.15, 0.2) is 0 Å². The third-order valence-electron chi connectivity index (χ3n) is 3.49. The molecule has 0 aliphatic carbocycles. The van der Waals surface area contributed by atoms with Crippen molar-refractivity contribution in [2.75, 3.05) is 10.6 Å². The number of nitrogens with zero attached hydrogens (tertiary/aromatic N) is 3. The zero-order valence-corrected chi connectivity index (χ0v) is 14.4. The van der Waals surface area contributed by atoms with Crippen LogP contribution in [-0.4, -0.2) is 9.97 Å². The average Bonchev–Trinajstić information content (AvgIpc) is 2.61. The zero-order chi connectivity index (χ0) is 17.6. The number of nitrogens with one attached hydrogen (secondary N) is 2. The molecule has 0 saturated heterocycles. The van der Waals surface area contributed by atoms with Crippen molar-refractivity contribution in [3.63, 3.8) is 0 Å². The van der Waals surface area contributed by atoms with Gasteiger partial charge in [0.25, 0.3) is 0 Å². The van der Waals surface area contributed by atoms with Crippen molar-refractivity contribution in [2.24, 2.45) is 0 Å². The van der Waals surface area contributed by atoms with Crippen LogP contribution < -0.4 is 10.6 Å². The van der Waals surface area contributed by atoms with Gasteiger partial charge in [-0.25, -0.2) is 9.97 Å². The normalized spacial score (nSPS) is 10.1. The van der Waals surface area contributed by atoms with E-state index in [-0.39, 0.29) is 0 Å². The summed E-state index contributed by atoms with van der Waals surface area (Å²) in [5.41, 5.74) is 2.51. The van der Waals surface area contributed by atoms with Crippen LogP contribution in [0.15, 0.2) is 54.6 Å². The Morgan fingerprint density at radius 1 is 1.04 bits per heavy atom. The summed E-state index contributed by atoms with van der Waals surface area (Å²) in [5, 5.41) is 16.2. The Bertz CT molecular complexity index is 916. The van der Waals surface area contributed by atoms with Gasteiger partial charge < -0.3 is 10.6 Å². The predicted molar refractivity (Wildman–Crippen MR) is 100.0 cm³/mol. The number of hydrogen-bond acceptors (Lipinski definition) is 5. The monoisotopic (exact) mass is 349 g/mol. The Kier molecular flexibility index (Phi) is 5.12. The molecule has 124 valence electrons. The number of halogens is 1. The molecule has 0 aliphatic heterocycles. The number of nitriles is 1. The molecule has 2 aromatic carbocycles. The Morgan fingerprint density at radius 2 is 1.80 bits per heavy atom. The van der Waals surface area contributed by atoms with Gasteiger partial charge in [-0.05, 0) is 42.8 Å². The molecule has 0 atom stereocenters. The second-order valence-electron chi connectivity index (χ2n) is 5.48. The highest BCUT2D eigenvalue weighted by Gasteiger charge is 2.04. The zero-order valence-electron chi connectivity index (χ0n) is 13.6. The topological polar surface area (TPSA) is 73.6 Å². The molecule has 3 rings (SSSR count). The summed E-state index contributed by atoms with van der Waals surface area (Å²) in [7, 11) is 0. The summed E-state index contributed by atoms with van der Waals surface area (Å²) < 4.78 is 0. The van der Waals surface area contributed by atoms with E-state index in [0.29, 0.717) is 28.8 Å². The van der Waals surface area contributed by atoms with E-state index in [1.165, 1.54) is 0 Å². The van der Waals surface area contributed by atoms with Crippen molar-refractivity contribution in [1.29, 1.82) is 5.26 Å². The lowest BCUT2D eigenvalue weighted by Gasteiger charge is -2.10. The van der Waals surface area contributed by atoms with Crippen molar-refractivity contribution in [3.05, 3.63) is 76.6 Å². The van der Waals surface area contributed by atoms with E-state index < -0.39 is 0 Å². The van der Waals surface area contributed by atoms with Gasteiger partial charge in [0, 0.05) is 23.3 Å². The van der Waals surface area contributed by atoms with E-state index in [0.717, 1.165) is 17.1 Å². The Morgan fingerprint density at radius 3 is 2.56 bits per heavy atom. The molecule has 3 aromatic rings. The van der Waals surface area contributed by atoms with Crippen LogP contribution in [0.3, 0.4) is 0 Å². The molecule has 0 amide bonds. The first-order valence-corrected chi connectivity index (χ1v) is 8.11. The SMILES string of the molecule is Cc1nc(NCc2ccc(Cl)cc2)cc(Nc2cccc(C#N)c2)n1. The minimum absolute atomic E-state index is 0.594. The van der Waals surface area contributed by atoms with Gasteiger partial charge in [-0.15, -0.1) is 0 Å². The van der Waals surface area contributed by atoms with Crippen LogP contribution >= 0.6 is 11.6 Å². The first-order chi connectivity index (χ1) is 12.1. The molecule has 0 fully saturated rings. The van der Waals surface area contributed by atoms with Crippen molar-refractivity contribution in [2.45, 2.75) is 13.5 Å². The fourth-order valence-electron chi connectivity index (χ4n) is 2.33. The van der Waals surface area contributed by atoms with Crippen LogP contribution in [0.1, 0.15) is 17.0 Å². The van der Waals surface area contributed by atoms with E-state index in [2.05, 4.69) is 26.7 Å². The van der Waals surface area contributed by atoms with Gasteiger partial charge in [-0.1, -0.05) is 29.8 Å². The predicted octanol–water partition coefficient (Wildman–Crippen LogP) is 4.67. The number of hydrogen-bond donors (Lipinski definition) is 2. The van der Waals surface area contributed by atoms with E-state index in [1.54, 1.807) is 12.1 Å². The maximum absolute atomic E-state index is 8.99. The van der Waals surface area contributed by atoms with Gasteiger partial charge in [0.1, 0.15) is 17.5 Å². The lowest BCUT2D eigenvalue weighted by molar-refractivity contribution is 1.03. The molecule has 0 bridgehead atoms. The lowest BCUT2D eigenvalue weighted by Crippen LogP contribution is -2.05. The van der Waals surface area contributed by atoms with E-state index in [4.69, 9.17) is 16.9 Å².